The normalized spacial score (nSPS) is 22.8. The molecular weight excluding hydrogens is 224 g/mol. The van der Waals surface area contributed by atoms with Gasteiger partial charge >= 0.3 is 0 Å². The van der Waals surface area contributed by atoms with E-state index in [-0.39, 0.29) is 5.92 Å². The first-order valence-electron chi connectivity index (χ1n) is 6.08. The van der Waals surface area contributed by atoms with Gasteiger partial charge in [-0.25, -0.2) is 0 Å². The lowest BCUT2D eigenvalue weighted by Gasteiger charge is -2.03. The van der Waals surface area contributed by atoms with Gasteiger partial charge in [0, 0.05) is 12.1 Å². The topological polar surface area (TPSA) is 45.5 Å². The van der Waals surface area contributed by atoms with E-state index < -0.39 is 0 Å². The molecule has 0 saturated heterocycles. The summed E-state index contributed by atoms with van der Waals surface area (Å²) in [6.45, 7) is 0. The smallest absolute Gasteiger partial charge is 0.109 e. The molecule has 0 unspecified atom stereocenters. The first-order chi connectivity index (χ1) is 8.90. The van der Waals surface area contributed by atoms with Gasteiger partial charge in [0.15, 0.2) is 0 Å². The van der Waals surface area contributed by atoms with Gasteiger partial charge in [-0.15, -0.1) is 0 Å². The maximum atomic E-state index is 9.20. The Kier molecular flexibility index (Phi) is 2.81. The van der Waals surface area contributed by atoms with Crippen molar-refractivity contribution in [1.29, 1.82) is 0 Å². The molecule has 1 aliphatic carbocycles. The Morgan fingerprint density at radius 1 is 1.11 bits per heavy atom. The van der Waals surface area contributed by atoms with E-state index >= 15 is 0 Å². The third-order valence-electron chi connectivity index (χ3n) is 3.40. The molecule has 18 heavy (non-hydrogen) atoms. The van der Waals surface area contributed by atoms with Crippen LogP contribution in [0.15, 0.2) is 59.9 Å². The molecule has 0 radical (unpaired) electrons. The molecule has 1 fully saturated rings. The highest BCUT2D eigenvalue weighted by Crippen LogP contribution is 2.49. The van der Waals surface area contributed by atoms with E-state index in [2.05, 4.69) is 22.3 Å². The lowest BCUT2D eigenvalue weighted by Crippen LogP contribution is -2.07. The number of nitrogens with zero attached hydrogens (tertiary/aromatic N) is 2. The van der Waals surface area contributed by atoms with Crippen LogP contribution in [-0.2, 0) is 0 Å². The van der Waals surface area contributed by atoms with E-state index in [1.807, 2.05) is 36.4 Å². The molecule has 1 N–H and O–H groups in total. The second-order valence-electron chi connectivity index (χ2n) is 4.56. The maximum Gasteiger partial charge on any atom is 0.109 e. The number of pyridine rings is 1. The van der Waals surface area contributed by atoms with Crippen molar-refractivity contribution in [2.45, 2.75) is 12.3 Å². The summed E-state index contributed by atoms with van der Waals surface area (Å²) in [5.74, 6) is 0.742. The lowest BCUT2D eigenvalue weighted by molar-refractivity contribution is 0.317. The molecule has 2 atom stereocenters. The van der Waals surface area contributed by atoms with Crippen LogP contribution in [0.2, 0.25) is 0 Å². The van der Waals surface area contributed by atoms with Gasteiger partial charge in [-0.05, 0) is 30.0 Å². The molecule has 1 aromatic carbocycles. The number of rotatable bonds is 3. The number of benzene rings is 1. The highest BCUT2D eigenvalue weighted by molar-refractivity contribution is 6.02. The minimum absolute atomic E-state index is 0.285. The molecule has 0 bridgehead atoms. The zero-order valence-corrected chi connectivity index (χ0v) is 9.90. The molecule has 1 aliphatic rings. The largest absolute Gasteiger partial charge is 0.411 e. The van der Waals surface area contributed by atoms with Crippen LogP contribution in [-0.4, -0.2) is 15.9 Å². The van der Waals surface area contributed by atoms with Gasteiger partial charge in [0.2, 0.25) is 0 Å². The van der Waals surface area contributed by atoms with E-state index in [1.54, 1.807) is 6.20 Å². The van der Waals surface area contributed by atoms with Crippen molar-refractivity contribution in [2.24, 2.45) is 11.1 Å². The van der Waals surface area contributed by atoms with Gasteiger partial charge in [0.05, 0.1) is 5.69 Å². The van der Waals surface area contributed by atoms with Crippen LogP contribution < -0.4 is 0 Å². The van der Waals surface area contributed by atoms with Crippen LogP contribution in [0.5, 0.6) is 0 Å². The molecular formula is C15H14N2O. The van der Waals surface area contributed by atoms with Crippen LogP contribution >= 0.6 is 0 Å². The van der Waals surface area contributed by atoms with Gasteiger partial charge in [-0.2, -0.15) is 0 Å². The number of aromatic nitrogens is 1. The van der Waals surface area contributed by atoms with Crippen LogP contribution in [0, 0.1) is 5.92 Å². The Labute approximate surface area is 106 Å². The van der Waals surface area contributed by atoms with Crippen molar-refractivity contribution >= 4 is 5.71 Å². The summed E-state index contributed by atoms with van der Waals surface area (Å²) in [4.78, 5) is 4.25. The summed E-state index contributed by atoms with van der Waals surface area (Å²) in [5.41, 5.74) is 2.77. The summed E-state index contributed by atoms with van der Waals surface area (Å²) in [7, 11) is 0. The number of hydrogen-bond acceptors (Lipinski definition) is 3. The molecule has 0 aliphatic heterocycles. The van der Waals surface area contributed by atoms with Crippen LogP contribution in [0.3, 0.4) is 0 Å². The monoisotopic (exact) mass is 238 g/mol. The van der Waals surface area contributed by atoms with Crippen molar-refractivity contribution in [3.63, 3.8) is 0 Å². The Morgan fingerprint density at radius 3 is 2.56 bits per heavy atom. The third kappa shape index (κ3) is 1.99. The first-order valence-corrected chi connectivity index (χ1v) is 6.08. The summed E-state index contributed by atoms with van der Waals surface area (Å²) in [6, 6.07) is 16.0. The zero-order valence-electron chi connectivity index (χ0n) is 9.90. The van der Waals surface area contributed by atoms with Crippen molar-refractivity contribution in [1.82, 2.24) is 4.98 Å². The van der Waals surface area contributed by atoms with Crippen LogP contribution in [0.25, 0.3) is 0 Å². The van der Waals surface area contributed by atoms with Gasteiger partial charge in [0.1, 0.15) is 5.71 Å². The fourth-order valence-corrected chi connectivity index (χ4v) is 2.40. The quantitative estimate of drug-likeness (QED) is 0.507. The minimum atomic E-state index is 0.285. The van der Waals surface area contributed by atoms with E-state index in [9.17, 15) is 5.21 Å². The molecule has 2 aromatic rings. The van der Waals surface area contributed by atoms with Crippen molar-refractivity contribution < 1.29 is 5.21 Å². The maximum absolute atomic E-state index is 9.20. The molecule has 1 heterocycles. The summed E-state index contributed by atoms with van der Waals surface area (Å²) in [6.07, 6.45) is 2.75. The summed E-state index contributed by atoms with van der Waals surface area (Å²) < 4.78 is 0. The van der Waals surface area contributed by atoms with E-state index in [0.717, 1.165) is 12.1 Å². The molecule has 3 heteroatoms. The van der Waals surface area contributed by atoms with Crippen LogP contribution in [0.1, 0.15) is 23.6 Å². The Morgan fingerprint density at radius 2 is 1.89 bits per heavy atom. The van der Waals surface area contributed by atoms with Gasteiger partial charge < -0.3 is 5.21 Å². The van der Waals surface area contributed by atoms with Gasteiger partial charge in [0.25, 0.3) is 0 Å². The molecule has 3 rings (SSSR count). The third-order valence-corrected chi connectivity index (χ3v) is 3.40. The second kappa shape index (κ2) is 4.61. The summed E-state index contributed by atoms with van der Waals surface area (Å²) >= 11 is 0. The minimum Gasteiger partial charge on any atom is -0.411 e. The van der Waals surface area contributed by atoms with E-state index in [0.29, 0.717) is 11.6 Å². The number of oxime groups is 1. The Bertz CT molecular complexity index is 551. The van der Waals surface area contributed by atoms with Gasteiger partial charge in [-0.1, -0.05) is 41.6 Å². The molecule has 90 valence electrons. The van der Waals surface area contributed by atoms with E-state index in [1.165, 1.54) is 5.56 Å². The number of hydrogen-bond donors (Lipinski definition) is 1. The SMILES string of the molecule is O/N=C(/c1ccccn1)[C@@H]1C[C@H]1c1ccccc1. The highest BCUT2D eigenvalue weighted by Gasteiger charge is 2.43. The molecule has 3 nitrogen and oxygen atoms in total. The lowest BCUT2D eigenvalue weighted by atomic mass is 10.1. The molecule has 1 aromatic heterocycles. The standard InChI is InChI=1S/C15H14N2O/c18-17-15(14-8-4-5-9-16-14)13-10-12(13)11-6-2-1-3-7-11/h1-9,12-13,18H,10H2/b17-15+/t12-,13+/m0/s1. The highest BCUT2D eigenvalue weighted by atomic mass is 16.4. The van der Waals surface area contributed by atoms with Crippen LogP contribution in [0.4, 0.5) is 0 Å². The summed E-state index contributed by atoms with van der Waals surface area (Å²) in [5, 5.41) is 12.7. The van der Waals surface area contributed by atoms with Crippen molar-refractivity contribution in [3.8, 4) is 0 Å². The molecule has 0 spiro atoms. The molecule has 0 amide bonds. The first kappa shape index (κ1) is 11.0. The average Bonchev–Trinajstić information content (AvgIpc) is 3.22. The predicted molar refractivity (Wildman–Crippen MR) is 69.9 cm³/mol. The Hall–Kier alpha value is -2.16. The Balaban J connectivity index is 1.82. The zero-order chi connectivity index (χ0) is 12.4. The molecule has 1 saturated carbocycles. The second-order valence-corrected chi connectivity index (χ2v) is 4.56. The van der Waals surface area contributed by atoms with Crippen molar-refractivity contribution in [2.75, 3.05) is 0 Å². The predicted octanol–water partition coefficient (Wildman–Crippen LogP) is 3.06. The average molecular weight is 238 g/mol. The fraction of sp³-hybridized carbons (Fsp3) is 0.200. The van der Waals surface area contributed by atoms with Gasteiger partial charge in [-0.3, -0.25) is 4.98 Å². The van der Waals surface area contributed by atoms with Crippen molar-refractivity contribution in [3.05, 3.63) is 66.0 Å². The van der Waals surface area contributed by atoms with E-state index in [4.69, 9.17) is 0 Å². The fourth-order valence-electron chi connectivity index (χ4n) is 2.40.